The van der Waals surface area contributed by atoms with Gasteiger partial charge in [0, 0.05) is 12.5 Å². The summed E-state index contributed by atoms with van der Waals surface area (Å²) in [6.45, 7) is 0. The zero-order chi connectivity index (χ0) is 5.44. The molecule has 0 amide bonds. The average Bonchev–Trinajstić information content (AvgIpc) is 1.68. The first-order valence-electron chi connectivity index (χ1n) is 2.25. The fourth-order valence-corrected chi connectivity index (χ4v) is 0.574. The summed E-state index contributed by atoms with van der Waals surface area (Å²) >= 11 is 0. The Morgan fingerprint density at radius 2 is 2.14 bits per heavy atom. The minimum Gasteiger partial charge on any atom is -0.326 e. The third kappa shape index (κ3) is 0.536. The minimum atomic E-state index is -0.361. The fourth-order valence-electron chi connectivity index (χ4n) is 0.574. The Kier molecular flexibility index (Phi) is 0.867. The van der Waals surface area contributed by atoms with E-state index in [4.69, 9.17) is 11.5 Å². The number of hydrogen-bond acceptors (Lipinski definition) is 3. The average molecular weight is 100 g/mol. The van der Waals surface area contributed by atoms with E-state index in [2.05, 4.69) is 0 Å². The van der Waals surface area contributed by atoms with Gasteiger partial charge in [-0.25, -0.2) is 0 Å². The van der Waals surface area contributed by atoms with Crippen LogP contribution in [-0.4, -0.2) is 17.9 Å². The molecule has 1 fully saturated rings. The van der Waals surface area contributed by atoms with Crippen LogP contribution in [0.15, 0.2) is 0 Å². The van der Waals surface area contributed by atoms with Crippen molar-refractivity contribution in [2.24, 2.45) is 11.5 Å². The van der Waals surface area contributed by atoms with E-state index < -0.39 is 0 Å². The van der Waals surface area contributed by atoms with Crippen molar-refractivity contribution in [3.63, 3.8) is 0 Å². The lowest BCUT2D eigenvalue weighted by Crippen LogP contribution is -2.57. The molecule has 0 aromatic rings. The molecule has 7 heavy (non-hydrogen) atoms. The largest absolute Gasteiger partial charge is 0.326 e. The summed E-state index contributed by atoms with van der Waals surface area (Å²) in [6.07, 6.45) is 0.473. The summed E-state index contributed by atoms with van der Waals surface area (Å²) in [5.74, 6) is 0.0903. The lowest BCUT2D eigenvalue weighted by atomic mass is 9.87. The predicted octanol–water partition coefficient (Wildman–Crippen LogP) is -1.39. The van der Waals surface area contributed by atoms with Gasteiger partial charge in [-0.15, -0.1) is 0 Å². The van der Waals surface area contributed by atoms with Gasteiger partial charge in [-0.1, -0.05) is 0 Å². The van der Waals surface area contributed by atoms with Crippen LogP contribution in [0.4, 0.5) is 0 Å². The molecular weight excluding hydrogens is 92.1 g/mol. The highest BCUT2D eigenvalue weighted by Gasteiger charge is 2.32. The molecule has 1 rings (SSSR count). The molecule has 0 aliphatic heterocycles. The Labute approximate surface area is 41.7 Å². The van der Waals surface area contributed by atoms with E-state index in [1.807, 2.05) is 0 Å². The summed E-state index contributed by atoms with van der Waals surface area (Å²) in [5, 5.41) is 0. The third-order valence-corrected chi connectivity index (χ3v) is 1.27. The van der Waals surface area contributed by atoms with E-state index in [9.17, 15) is 4.79 Å². The van der Waals surface area contributed by atoms with Crippen molar-refractivity contribution >= 4 is 5.78 Å². The Morgan fingerprint density at radius 3 is 2.14 bits per heavy atom. The highest BCUT2D eigenvalue weighted by Crippen LogP contribution is 2.09. The number of rotatable bonds is 0. The number of Topliss-reactive ketones (excluding diaryl/α,β-unsaturated/α-hetero) is 1. The van der Waals surface area contributed by atoms with Gasteiger partial charge in [-0.05, 0) is 0 Å². The third-order valence-electron chi connectivity index (χ3n) is 1.27. The first kappa shape index (κ1) is 4.74. The van der Waals surface area contributed by atoms with E-state index in [1.54, 1.807) is 0 Å². The molecule has 3 nitrogen and oxygen atoms in total. The topological polar surface area (TPSA) is 69.1 Å². The maximum atomic E-state index is 10.2. The molecule has 4 N–H and O–H groups in total. The number of carbonyl (C=O) groups excluding carboxylic acids is 1. The van der Waals surface area contributed by atoms with Gasteiger partial charge in [-0.3, -0.25) is 4.79 Å². The lowest BCUT2D eigenvalue weighted by Gasteiger charge is -2.27. The van der Waals surface area contributed by atoms with E-state index >= 15 is 0 Å². The molecule has 3 heteroatoms. The Bertz CT molecular complexity index is 102. The van der Waals surface area contributed by atoms with Crippen LogP contribution in [0, 0.1) is 0 Å². The molecule has 2 atom stereocenters. The van der Waals surface area contributed by atoms with Crippen molar-refractivity contribution in [3.05, 3.63) is 0 Å². The van der Waals surface area contributed by atoms with Crippen LogP contribution in [0.2, 0.25) is 0 Å². The van der Waals surface area contributed by atoms with Crippen molar-refractivity contribution in [2.75, 3.05) is 0 Å². The van der Waals surface area contributed by atoms with E-state index in [0.29, 0.717) is 6.42 Å². The highest BCUT2D eigenvalue weighted by molar-refractivity contribution is 5.91. The number of carbonyl (C=O) groups is 1. The Hall–Kier alpha value is -0.410. The van der Waals surface area contributed by atoms with E-state index in [1.165, 1.54) is 0 Å². The van der Waals surface area contributed by atoms with E-state index in [0.717, 1.165) is 0 Å². The van der Waals surface area contributed by atoms with Gasteiger partial charge in [0.05, 0.1) is 6.04 Å². The second kappa shape index (κ2) is 1.28. The SMILES string of the molecule is NC1CC(=O)[C@@H]1N. The second-order valence-electron chi connectivity index (χ2n) is 1.86. The maximum Gasteiger partial charge on any atom is 0.152 e. The summed E-state index contributed by atoms with van der Waals surface area (Å²) in [6, 6.07) is -0.424. The highest BCUT2D eigenvalue weighted by atomic mass is 16.1. The van der Waals surface area contributed by atoms with E-state index in [-0.39, 0.29) is 17.9 Å². The van der Waals surface area contributed by atoms with Crippen molar-refractivity contribution in [2.45, 2.75) is 18.5 Å². The zero-order valence-electron chi connectivity index (χ0n) is 3.92. The molecule has 0 aromatic carbocycles. The van der Waals surface area contributed by atoms with Crippen LogP contribution in [0.3, 0.4) is 0 Å². The van der Waals surface area contributed by atoms with Crippen LogP contribution in [0.5, 0.6) is 0 Å². The molecule has 0 radical (unpaired) electrons. The van der Waals surface area contributed by atoms with Gasteiger partial charge in [0.1, 0.15) is 0 Å². The quantitative estimate of drug-likeness (QED) is 0.394. The number of nitrogens with two attached hydrogens (primary N) is 2. The number of hydrogen-bond donors (Lipinski definition) is 2. The molecule has 0 saturated heterocycles. The van der Waals surface area contributed by atoms with Crippen LogP contribution < -0.4 is 11.5 Å². The van der Waals surface area contributed by atoms with Crippen molar-refractivity contribution in [1.82, 2.24) is 0 Å². The molecule has 0 heterocycles. The Morgan fingerprint density at radius 1 is 1.57 bits per heavy atom. The summed E-state index contributed by atoms with van der Waals surface area (Å²) in [5.41, 5.74) is 10.5. The van der Waals surface area contributed by atoms with Gasteiger partial charge in [0.15, 0.2) is 5.78 Å². The predicted molar refractivity (Wildman–Crippen MR) is 25.6 cm³/mol. The monoisotopic (exact) mass is 100 g/mol. The zero-order valence-corrected chi connectivity index (χ0v) is 3.92. The van der Waals surface area contributed by atoms with Crippen LogP contribution in [0.1, 0.15) is 6.42 Å². The van der Waals surface area contributed by atoms with Crippen molar-refractivity contribution in [3.8, 4) is 0 Å². The lowest BCUT2D eigenvalue weighted by molar-refractivity contribution is -0.126. The molecule has 1 aliphatic carbocycles. The molecule has 1 saturated carbocycles. The molecule has 0 aromatic heterocycles. The minimum absolute atomic E-state index is 0.0625. The van der Waals surface area contributed by atoms with Gasteiger partial charge in [-0.2, -0.15) is 0 Å². The molecule has 1 unspecified atom stereocenters. The first-order chi connectivity index (χ1) is 3.22. The van der Waals surface area contributed by atoms with Crippen LogP contribution in [-0.2, 0) is 4.79 Å². The molecular formula is C4H8N2O. The van der Waals surface area contributed by atoms with Gasteiger partial charge >= 0.3 is 0 Å². The maximum absolute atomic E-state index is 10.2. The van der Waals surface area contributed by atoms with Crippen molar-refractivity contribution < 1.29 is 4.79 Å². The summed E-state index contributed by atoms with van der Waals surface area (Å²) in [4.78, 5) is 10.2. The summed E-state index contributed by atoms with van der Waals surface area (Å²) in [7, 11) is 0. The molecule has 40 valence electrons. The smallest absolute Gasteiger partial charge is 0.152 e. The van der Waals surface area contributed by atoms with Crippen LogP contribution >= 0.6 is 0 Å². The van der Waals surface area contributed by atoms with Gasteiger partial charge in [0.2, 0.25) is 0 Å². The Balaban J connectivity index is 2.43. The first-order valence-corrected chi connectivity index (χ1v) is 2.25. The second-order valence-corrected chi connectivity index (χ2v) is 1.86. The molecule has 0 spiro atoms. The van der Waals surface area contributed by atoms with Crippen LogP contribution in [0.25, 0.3) is 0 Å². The van der Waals surface area contributed by atoms with Gasteiger partial charge in [0.25, 0.3) is 0 Å². The normalized spacial score (nSPS) is 40.6. The van der Waals surface area contributed by atoms with Crippen molar-refractivity contribution in [1.29, 1.82) is 0 Å². The molecule has 0 bridgehead atoms. The van der Waals surface area contributed by atoms with Gasteiger partial charge < -0.3 is 11.5 Å². The standard InChI is InChI=1S/C4H8N2O/c5-2-1-3(7)4(2)6/h2,4H,1,5-6H2/t2?,4-/m1/s1. The number of ketones is 1. The molecule has 1 aliphatic rings. The summed E-state index contributed by atoms with van der Waals surface area (Å²) < 4.78 is 0. The fraction of sp³-hybridized carbons (Fsp3) is 0.750.